The largest absolute Gasteiger partial charge is 0.345 e. The van der Waals surface area contributed by atoms with Crippen molar-refractivity contribution in [1.82, 2.24) is 10.6 Å². The Labute approximate surface area is 190 Å². The van der Waals surface area contributed by atoms with Crippen molar-refractivity contribution in [3.05, 3.63) is 112 Å². The van der Waals surface area contributed by atoms with E-state index in [0.29, 0.717) is 4.91 Å². The minimum Gasteiger partial charge on any atom is -0.345 e. The average molecular weight is 443 g/mol. The Bertz CT molecular complexity index is 1180. The van der Waals surface area contributed by atoms with Crippen LogP contribution in [0.2, 0.25) is 0 Å². The number of carbonyl (C=O) groups excluding carboxylic acids is 3. The number of thioether (sulfide) groups is 1. The molecule has 1 aliphatic heterocycles. The molecule has 2 unspecified atom stereocenters. The molecule has 3 aromatic rings. The third-order valence-electron chi connectivity index (χ3n) is 5.35. The fourth-order valence-electron chi connectivity index (χ4n) is 3.61. The Morgan fingerprint density at radius 2 is 1.47 bits per heavy atom. The molecule has 2 atom stereocenters. The maximum absolute atomic E-state index is 13.2. The van der Waals surface area contributed by atoms with Crippen LogP contribution in [0.25, 0.3) is 6.08 Å². The smallest absolute Gasteiger partial charge is 0.290 e. The van der Waals surface area contributed by atoms with Gasteiger partial charge in [-0.3, -0.25) is 19.7 Å². The molecule has 160 valence electrons. The van der Waals surface area contributed by atoms with Crippen LogP contribution in [0, 0.1) is 0 Å². The first-order chi connectivity index (χ1) is 15.5. The minimum atomic E-state index is -0.423. The minimum absolute atomic E-state index is 0.101. The molecule has 4 rings (SSSR count). The van der Waals surface area contributed by atoms with Gasteiger partial charge in [0.1, 0.15) is 0 Å². The van der Waals surface area contributed by atoms with Crippen molar-refractivity contribution in [3.63, 3.8) is 0 Å². The van der Waals surface area contributed by atoms with Gasteiger partial charge in [-0.1, -0.05) is 84.9 Å². The third-order valence-corrected chi connectivity index (χ3v) is 6.16. The van der Waals surface area contributed by atoms with Crippen LogP contribution in [0.1, 0.15) is 41.1 Å². The zero-order valence-electron chi connectivity index (χ0n) is 17.4. The van der Waals surface area contributed by atoms with Crippen LogP contribution < -0.4 is 10.6 Å². The zero-order chi connectivity index (χ0) is 22.5. The van der Waals surface area contributed by atoms with Crippen molar-refractivity contribution in [2.75, 3.05) is 0 Å². The van der Waals surface area contributed by atoms with E-state index in [1.165, 1.54) is 0 Å². The topological polar surface area (TPSA) is 75.3 Å². The van der Waals surface area contributed by atoms with Crippen LogP contribution in [0.15, 0.2) is 89.8 Å². The Kier molecular flexibility index (Phi) is 6.52. The number of imide groups is 1. The van der Waals surface area contributed by atoms with Gasteiger partial charge in [-0.25, -0.2) is 0 Å². The highest BCUT2D eigenvalue weighted by molar-refractivity contribution is 8.18. The molecule has 5 nitrogen and oxygen atoms in total. The van der Waals surface area contributed by atoms with E-state index in [1.54, 1.807) is 6.08 Å². The second-order valence-corrected chi connectivity index (χ2v) is 8.48. The van der Waals surface area contributed by atoms with Crippen molar-refractivity contribution < 1.29 is 14.4 Å². The number of carbonyl (C=O) groups is 3. The molecule has 3 aromatic carbocycles. The monoisotopic (exact) mass is 442 g/mol. The Balaban J connectivity index is 1.71. The summed E-state index contributed by atoms with van der Waals surface area (Å²) in [7, 11) is 0. The van der Waals surface area contributed by atoms with Crippen molar-refractivity contribution in [3.8, 4) is 0 Å². The van der Waals surface area contributed by atoms with E-state index in [1.807, 2.05) is 91.9 Å². The van der Waals surface area contributed by atoms with Crippen molar-refractivity contribution >= 4 is 34.9 Å². The molecule has 0 aliphatic carbocycles. The van der Waals surface area contributed by atoms with Gasteiger partial charge < -0.3 is 5.32 Å². The molecule has 1 saturated heterocycles. The molecule has 0 saturated carbocycles. The van der Waals surface area contributed by atoms with Crippen LogP contribution >= 0.6 is 11.8 Å². The van der Waals surface area contributed by atoms with Gasteiger partial charge in [0.2, 0.25) is 5.91 Å². The molecule has 0 radical (unpaired) electrons. The lowest BCUT2D eigenvalue weighted by Crippen LogP contribution is -2.33. The Morgan fingerprint density at radius 3 is 2.09 bits per heavy atom. The van der Waals surface area contributed by atoms with Gasteiger partial charge in [0.15, 0.2) is 0 Å². The second-order valence-electron chi connectivity index (χ2n) is 7.47. The van der Waals surface area contributed by atoms with Gasteiger partial charge in [-0.05, 0) is 47.0 Å². The summed E-state index contributed by atoms with van der Waals surface area (Å²) in [6.07, 6.45) is 1.70. The number of amides is 3. The number of benzene rings is 3. The van der Waals surface area contributed by atoms with Crippen molar-refractivity contribution in [1.29, 1.82) is 0 Å². The number of rotatable bonds is 6. The average Bonchev–Trinajstić information content (AvgIpc) is 3.14. The molecule has 1 fully saturated rings. The maximum atomic E-state index is 13.2. The van der Waals surface area contributed by atoms with Gasteiger partial charge in [0.05, 0.1) is 16.9 Å². The molecule has 1 aliphatic rings. The van der Waals surface area contributed by atoms with E-state index in [4.69, 9.17) is 0 Å². The summed E-state index contributed by atoms with van der Waals surface area (Å²) in [6.45, 7) is 1.88. The molecule has 3 amide bonds. The van der Waals surface area contributed by atoms with Crippen molar-refractivity contribution in [2.45, 2.75) is 18.9 Å². The highest BCUT2D eigenvalue weighted by atomic mass is 32.2. The SMILES string of the molecule is CC(C(=O)NC(c1ccccc1)c1ccccc1/C=C1/SC(=O)NC1=O)c1ccccc1. The van der Waals surface area contributed by atoms with Crippen molar-refractivity contribution in [2.24, 2.45) is 0 Å². The standard InChI is InChI=1S/C26H22N2O3S/c1-17(18-10-4-2-5-11-18)24(29)27-23(19-12-6-3-7-13-19)21-15-9-8-14-20(21)16-22-25(30)28-26(31)32-22/h2-17,23H,1H3,(H,27,29)(H,28,30,31)/b22-16+. The molecule has 2 N–H and O–H groups in total. The Hall–Kier alpha value is -3.64. The van der Waals surface area contributed by atoms with E-state index in [2.05, 4.69) is 10.6 Å². The molecule has 1 heterocycles. The summed E-state index contributed by atoms with van der Waals surface area (Å²) in [5, 5.41) is 5.08. The predicted molar refractivity (Wildman–Crippen MR) is 127 cm³/mol. The van der Waals surface area contributed by atoms with E-state index in [9.17, 15) is 14.4 Å². The fourth-order valence-corrected chi connectivity index (χ4v) is 4.29. The van der Waals surface area contributed by atoms with Crippen LogP contribution in [0.4, 0.5) is 4.79 Å². The predicted octanol–water partition coefficient (Wildman–Crippen LogP) is 5.02. The summed E-state index contributed by atoms with van der Waals surface area (Å²) in [4.78, 5) is 37.2. The quantitative estimate of drug-likeness (QED) is 0.526. The molecule has 0 bridgehead atoms. The maximum Gasteiger partial charge on any atom is 0.290 e. The van der Waals surface area contributed by atoms with E-state index < -0.39 is 11.9 Å². The first-order valence-corrected chi connectivity index (χ1v) is 11.1. The first-order valence-electron chi connectivity index (χ1n) is 10.3. The summed E-state index contributed by atoms with van der Waals surface area (Å²) in [6, 6.07) is 26.5. The van der Waals surface area contributed by atoms with Gasteiger partial charge in [0.25, 0.3) is 11.1 Å². The lowest BCUT2D eigenvalue weighted by molar-refractivity contribution is -0.122. The van der Waals surface area contributed by atoms with E-state index in [0.717, 1.165) is 34.0 Å². The van der Waals surface area contributed by atoms with Crippen LogP contribution in [0.3, 0.4) is 0 Å². The molecule has 32 heavy (non-hydrogen) atoms. The first kappa shape index (κ1) is 21.6. The van der Waals surface area contributed by atoms with Crippen LogP contribution in [0.5, 0.6) is 0 Å². The molecular formula is C26H22N2O3S. The normalized spacial score (nSPS) is 16.5. The lowest BCUT2D eigenvalue weighted by Gasteiger charge is -2.24. The van der Waals surface area contributed by atoms with Gasteiger partial charge in [-0.15, -0.1) is 0 Å². The Morgan fingerprint density at radius 1 is 0.875 bits per heavy atom. The number of hydrogen-bond donors (Lipinski definition) is 2. The highest BCUT2D eigenvalue weighted by Crippen LogP contribution is 2.31. The van der Waals surface area contributed by atoms with E-state index >= 15 is 0 Å². The summed E-state index contributed by atoms with van der Waals surface area (Å²) in [5.74, 6) is -0.842. The van der Waals surface area contributed by atoms with E-state index in [-0.39, 0.29) is 17.1 Å². The van der Waals surface area contributed by atoms with Gasteiger partial charge >= 0.3 is 0 Å². The van der Waals surface area contributed by atoms with Gasteiger partial charge in [-0.2, -0.15) is 0 Å². The summed E-state index contributed by atoms with van der Waals surface area (Å²) >= 11 is 0.875. The molecular weight excluding hydrogens is 420 g/mol. The van der Waals surface area contributed by atoms with Gasteiger partial charge in [0, 0.05) is 0 Å². The highest BCUT2D eigenvalue weighted by Gasteiger charge is 2.27. The zero-order valence-corrected chi connectivity index (χ0v) is 18.3. The molecule has 6 heteroatoms. The second kappa shape index (κ2) is 9.66. The lowest BCUT2D eigenvalue weighted by atomic mass is 9.92. The summed E-state index contributed by atoms with van der Waals surface area (Å²) in [5.41, 5.74) is 3.46. The van der Waals surface area contributed by atoms with Crippen LogP contribution in [-0.4, -0.2) is 17.1 Å². The number of nitrogens with one attached hydrogen (secondary N) is 2. The van der Waals surface area contributed by atoms with Crippen LogP contribution in [-0.2, 0) is 9.59 Å². The molecule has 0 aromatic heterocycles. The molecule has 0 spiro atoms. The number of hydrogen-bond acceptors (Lipinski definition) is 4. The third kappa shape index (κ3) is 4.81. The summed E-state index contributed by atoms with van der Waals surface area (Å²) < 4.78 is 0. The fraction of sp³-hybridized carbons (Fsp3) is 0.115.